The number of anilines is 2. The maximum atomic E-state index is 13.0. The molecule has 0 radical (unpaired) electrons. The lowest BCUT2D eigenvalue weighted by Crippen LogP contribution is -2.35. The minimum Gasteiger partial charge on any atom is -0.305 e. The van der Waals surface area contributed by atoms with Gasteiger partial charge in [-0.25, -0.2) is 8.42 Å². The molecule has 1 N–H and O–H groups in total. The Bertz CT molecular complexity index is 1280. The second-order valence-corrected chi connectivity index (χ2v) is 9.25. The molecule has 0 spiro atoms. The van der Waals surface area contributed by atoms with E-state index in [1.807, 2.05) is 13.0 Å². The van der Waals surface area contributed by atoms with Gasteiger partial charge in [0.15, 0.2) is 0 Å². The lowest BCUT2D eigenvalue weighted by atomic mass is 10.1. The predicted octanol–water partition coefficient (Wildman–Crippen LogP) is 5.10. The van der Waals surface area contributed by atoms with Crippen LogP contribution in [-0.4, -0.2) is 20.4 Å². The number of sulfonamides is 1. The number of amides is 1. The Balaban J connectivity index is 1.62. The number of nitrogens with zero attached hydrogens (tertiary/aromatic N) is 1. The molecular weight excluding hydrogens is 441 g/mol. The molecule has 0 aliphatic carbocycles. The van der Waals surface area contributed by atoms with Crippen LogP contribution in [0.4, 0.5) is 24.5 Å². The van der Waals surface area contributed by atoms with E-state index >= 15 is 0 Å². The summed E-state index contributed by atoms with van der Waals surface area (Å²) in [6.45, 7) is 1.87. The fourth-order valence-corrected chi connectivity index (χ4v) is 4.88. The van der Waals surface area contributed by atoms with Gasteiger partial charge in [-0.15, -0.1) is 0 Å². The molecule has 0 saturated heterocycles. The van der Waals surface area contributed by atoms with Crippen molar-refractivity contribution in [3.63, 3.8) is 0 Å². The molecule has 0 unspecified atom stereocenters. The summed E-state index contributed by atoms with van der Waals surface area (Å²) in [7, 11) is -4.13. The Hall–Kier alpha value is -3.33. The van der Waals surface area contributed by atoms with Crippen LogP contribution in [0.15, 0.2) is 77.7 Å². The Morgan fingerprint density at radius 1 is 1.00 bits per heavy atom. The van der Waals surface area contributed by atoms with Gasteiger partial charge < -0.3 is 4.90 Å². The normalized spacial score (nSPS) is 16.0. The van der Waals surface area contributed by atoms with Crippen LogP contribution >= 0.6 is 0 Å². The van der Waals surface area contributed by atoms with Crippen LogP contribution in [0, 0.1) is 0 Å². The van der Waals surface area contributed by atoms with E-state index in [4.69, 9.17) is 0 Å². The van der Waals surface area contributed by atoms with E-state index < -0.39 is 21.8 Å². The smallest absolute Gasteiger partial charge is 0.305 e. The van der Waals surface area contributed by atoms with Gasteiger partial charge >= 0.3 is 6.18 Å². The Labute approximate surface area is 183 Å². The van der Waals surface area contributed by atoms with Gasteiger partial charge in [0.2, 0.25) is 0 Å². The third-order valence-corrected chi connectivity index (χ3v) is 6.64. The summed E-state index contributed by atoms with van der Waals surface area (Å²) in [5.74, 6) is -0.186. The minimum atomic E-state index is -4.58. The van der Waals surface area contributed by atoms with Crippen LogP contribution in [0.2, 0.25) is 0 Å². The highest BCUT2D eigenvalue weighted by molar-refractivity contribution is 7.92. The van der Waals surface area contributed by atoms with E-state index in [0.717, 1.165) is 18.2 Å². The highest BCUT2D eigenvalue weighted by atomic mass is 32.2. The van der Waals surface area contributed by atoms with Crippen LogP contribution in [0.5, 0.6) is 0 Å². The average molecular weight is 460 g/mol. The number of alkyl halides is 3. The van der Waals surface area contributed by atoms with Gasteiger partial charge in [0, 0.05) is 23.0 Å². The van der Waals surface area contributed by atoms with Crippen molar-refractivity contribution >= 4 is 27.3 Å². The van der Waals surface area contributed by atoms with Crippen LogP contribution in [0.1, 0.15) is 28.4 Å². The van der Waals surface area contributed by atoms with Crippen LogP contribution < -0.4 is 9.62 Å². The number of nitrogens with one attached hydrogen (secondary N) is 1. The molecule has 32 heavy (non-hydrogen) atoms. The van der Waals surface area contributed by atoms with Crippen LogP contribution in [-0.2, 0) is 22.6 Å². The maximum Gasteiger partial charge on any atom is 0.416 e. The van der Waals surface area contributed by atoms with Gasteiger partial charge in [-0.3, -0.25) is 9.52 Å². The molecule has 1 atom stereocenters. The number of carbonyl (C=O) groups excluding carboxylic acids is 1. The van der Waals surface area contributed by atoms with Crippen molar-refractivity contribution in [2.75, 3.05) is 9.62 Å². The van der Waals surface area contributed by atoms with Crippen molar-refractivity contribution in [2.45, 2.75) is 30.5 Å². The highest BCUT2D eigenvalue weighted by Crippen LogP contribution is 2.36. The standard InChI is InChI=1S/C23H19F3N2O3S/c1-15-12-17-13-20(10-11-21(17)28(15)22(29)16-6-3-2-4-7-16)32(30,31)27-19-9-5-8-18(14-19)23(24,25)26/h2-11,13-15,27H,12H2,1H3/t15-/m0/s1. The number of halogens is 3. The summed E-state index contributed by atoms with van der Waals surface area (Å²) in [4.78, 5) is 14.5. The van der Waals surface area contributed by atoms with Gasteiger partial charge in [0.25, 0.3) is 15.9 Å². The molecule has 1 aliphatic heterocycles. The third-order valence-electron chi connectivity index (χ3n) is 5.26. The summed E-state index contributed by atoms with van der Waals surface area (Å²) in [5, 5.41) is 0. The molecule has 5 nitrogen and oxygen atoms in total. The van der Waals surface area contributed by atoms with Crippen molar-refractivity contribution in [1.29, 1.82) is 0 Å². The van der Waals surface area contributed by atoms with Crippen molar-refractivity contribution in [1.82, 2.24) is 0 Å². The molecule has 4 rings (SSSR count). The van der Waals surface area contributed by atoms with Crippen molar-refractivity contribution in [3.8, 4) is 0 Å². The summed E-state index contributed by atoms with van der Waals surface area (Å²) < 4.78 is 66.6. The van der Waals surface area contributed by atoms with Crippen molar-refractivity contribution in [3.05, 3.63) is 89.5 Å². The summed E-state index contributed by atoms with van der Waals surface area (Å²) in [6.07, 6.45) is -4.12. The average Bonchev–Trinajstić information content (AvgIpc) is 3.08. The zero-order valence-electron chi connectivity index (χ0n) is 16.9. The van der Waals surface area contributed by atoms with E-state index in [9.17, 15) is 26.4 Å². The van der Waals surface area contributed by atoms with E-state index in [2.05, 4.69) is 4.72 Å². The molecule has 0 bridgehead atoms. The van der Waals surface area contributed by atoms with Gasteiger partial charge in [-0.1, -0.05) is 24.3 Å². The van der Waals surface area contributed by atoms with E-state index in [1.54, 1.807) is 35.2 Å². The first-order valence-electron chi connectivity index (χ1n) is 9.78. The molecule has 1 aliphatic rings. The zero-order valence-corrected chi connectivity index (χ0v) is 17.7. The van der Waals surface area contributed by atoms with Gasteiger partial charge in [0.1, 0.15) is 0 Å². The first-order valence-corrected chi connectivity index (χ1v) is 11.3. The molecule has 0 fully saturated rings. The number of fused-ring (bicyclic) bond motifs is 1. The van der Waals surface area contributed by atoms with E-state index in [-0.39, 0.29) is 22.5 Å². The molecule has 0 saturated carbocycles. The Morgan fingerprint density at radius 3 is 2.41 bits per heavy atom. The summed E-state index contributed by atoms with van der Waals surface area (Å²) in [5.41, 5.74) is 0.679. The second-order valence-electron chi connectivity index (χ2n) is 7.57. The van der Waals surface area contributed by atoms with Crippen LogP contribution in [0.25, 0.3) is 0 Å². The fourth-order valence-electron chi connectivity index (χ4n) is 3.78. The second kappa shape index (κ2) is 7.98. The van der Waals surface area contributed by atoms with Gasteiger partial charge in [-0.05, 0) is 67.4 Å². The van der Waals surface area contributed by atoms with Gasteiger partial charge in [-0.2, -0.15) is 13.2 Å². The largest absolute Gasteiger partial charge is 0.416 e. The predicted molar refractivity (Wildman–Crippen MR) is 115 cm³/mol. The summed E-state index contributed by atoms with van der Waals surface area (Å²) >= 11 is 0. The first-order chi connectivity index (χ1) is 15.1. The highest BCUT2D eigenvalue weighted by Gasteiger charge is 2.33. The fraction of sp³-hybridized carbons (Fsp3) is 0.174. The number of hydrogen-bond acceptors (Lipinski definition) is 3. The Kier molecular flexibility index (Phi) is 5.46. The SMILES string of the molecule is C[C@H]1Cc2cc(S(=O)(=O)Nc3cccc(C(F)(F)F)c3)ccc2N1C(=O)c1ccccc1. The van der Waals surface area contributed by atoms with Crippen molar-refractivity contribution in [2.24, 2.45) is 0 Å². The quantitative estimate of drug-likeness (QED) is 0.589. The van der Waals surface area contributed by atoms with Crippen molar-refractivity contribution < 1.29 is 26.4 Å². The lowest BCUT2D eigenvalue weighted by Gasteiger charge is -2.23. The molecule has 9 heteroatoms. The Morgan fingerprint density at radius 2 is 1.72 bits per heavy atom. The molecule has 3 aromatic carbocycles. The number of rotatable bonds is 4. The molecule has 3 aromatic rings. The molecule has 166 valence electrons. The van der Waals surface area contributed by atoms with E-state index in [1.165, 1.54) is 18.2 Å². The number of carbonyl (C=O) groups is 1. The van der Waals surface area contributed by atoms with E-state index in [0.29, 0.717) is 23.2 Å². The third kappa shape index (κ3) is 4.20. The number of benzene rings is 3. The van der Waals surface area contributed by atoms with Gasteiger partial charge in [0.05, 0.1) is 10.5 Å². The molecule has 1 heterocycles. The molecule has 0 aromatic heterocycles. The van der Waals surface area contributed by atoms with Crippen LogP contribution in [0.3, 0.4) is 0 Å². The topological polar surface area (TPSA) is 66.5 Å². The summed E-state index contributed by atoms with van der Waals surface area (Å²) in [6, 6.07) is 17.0. The lowest BCUT2D eigenvalue weighted by molar-refractivity contribution is -0.137. The minimum absolute atomic E-state index is 0.0881. The zero-order chi connectivity index (χ0) is 23.1. The number of hydrogen-bond donors (Lipinski definition) is 1. The first kappa shape index (κ1) is 21.9. The molecule has 1 amide bonds. The molecular formula is C23H19F3N2O3S. The maximum absolute atomic E-state index is 13.0. The monoisotopic (exact) mass is 460 g/mol.